The Morgan fingerprint density at radius 3 is 2.19 bits per heavy atom. The quantitative estimate of drug-likeness (QED) is 0.486. The second-order valence-corrected chi connectivity index (χ2v) is 8.38. The van der Waals surface area contributed by atoms with Crippen molar-refractivity contribution in [3.63, 3.8) is 0 Å². The Labute approximate surface area is 170 Å². The van der Waals surface area contributed by atoms with Gasteiger partial charge in [-0.3, -0.25) is 4.79 Å². The molecule has 3 rings (SSSR count). The van der Waals surface area contributed by atoms with Gasteiger partial charge in [0.15, 0.2) is 0 Å². The van der Waals surface area contributed by atoms with E-state index in [1.165, 1.54) is 0 Å². The van der Waals surface area contributed by atoms with Crippen LogP contribution in [0.2, 0.25) is 0 Å². The molecule has 3 aromatic carbocycles. The fourth-order valence-corrected chi connectivity index (χ4v) is 3.75. The average molecular weight is 494 g/mol. The maximum absolute atomic E-state index is 12.7. The molecule has 3 aromatic rings. The van der Waals surface area contributed by atoms with E-state index in [1.807, 2.05) is 30.3 Å². The van der Waals surface area contributed by atoms with Gasteiger partial charge in [0.2, 0.25) is 0 Å². The molecule has 2 N–H and O–H groups in total. The maximum Gasteiger partial charge on any atom is 0.257 e. The first-order valence-corrected chi connectivity index (χ1v) is 10.4. The van der Waals surface area contributed by atoms with Crippen LogP contribution in [0.4, 0.5) is 11.4 Å². The summed E-state index contributed by atoms with van der Waals surface area (Å²) in [5.74, 6) is -0.291. The van der Waals surface area contributed by atoms with E-state index in [4.69, 9.17) is 0 Å². The molecule has 0 heterocycles. The molecule has 4 nitrogen and oxygen atoms in total. The molecule has 0 aliphatic heterocycles. The van der Waals surface area contributed by atoms with Gasteiger partial charge in [0.1, 0.15) is 11.0 Å². The van der Waals surface area contributed by atoms with Gasteiger partial charge < -0.3 is 10.0 Å². The predicted octanol–water partition coefficient (Wildman–Crippen LogP) is 5.60. The Kier molecular flexibility index (Phi) is 6.24. The van der Waals surface area contributed by atoms with Crippen LogP contribution in [0.5, 0.6) is 0 Å². The predicted molar refractivity (Wildman–Crippen MR) is 113 cm³/mol. The topological polar surface area (TPSA) is 58.2 Å². The summed E-state index contributed by atoms with van der Waals surface area (Å²) >= 11 is 6.75. The zero-order chi connectivity index (χ0) is 18.5. The molecule has 26 heavy (non-hydrogen) atoms. The first-order valence-electron chi connectivity index (χ1n) is 7.63. The standard InChI is InChI=1S/C19H14Br2N2O2S/c20-13-6-9-15(10-7-13)22-19(24)17-12-14(21)8-11-18(17)23-26(25)16-4-2-1-3-5-16/h1-12,23H,(H,22,24). The van der Waals surface area contributed by atoms with E-state index < -0.39 is 11.0 Å². The molecule has 0 saturated heterocycles. The summed E-state index contributed by atoms with van der Waals surface area (Å²) in [6.45, 7) is 0. The Bertz CT molecular complexity index is 948. The molecule has 0 bridgehead atoms. The lowest BCUT2D eigenvalue weighted by molar-refractivity contribution is 0.102. The van der Waals surface area contributed by atoms with Crippen molar-refractivity contribution in [3.8, 4) is 0 Å². The van der Waals surface area contributed by atoms with Gasteiger partial charge in [-0.1, -0.05) is 50.1 Å². The highest BCUT2D eigenvalue weighted by Gasteiger charge is 2.15. The second kappa shape index (κ2) is 8.62. The minimum Gasteiger partial charge on any atom is -0.322 e. The van der Waals surface area contributed by atoms with Gasteiger partial charge in [-0.25, -0.2) is 4.21 Å². The van der Waals surface area contributed by atoms with E-state index in [1.54, 1.807) is 42.5 Å². The minimum absolute atomic E-state index is 0.291. The molecule has 0 radical (unpaired) electrons. The highest BCUT2D eigenvalue weighted by molar-refractivity contribution is 9.10. The Morgan fingerprint density at radius 1 is 0.846 bits per heavy atom. The van der Waals surface area contributed by atoms with Gasteiger partial charge in [-0.15, -0.1) is 0 Å². The average Bonchev–Trinajstić information content (AvgIpc) is 2.65. The fraction of sp³-hybridized carbons (Fsp3) is 0. The van der Waals surface area contributed by atoms with Crippen LogP contribution in [0.1, 0.15) is 10.4 Å². The first-order chi connectivity index (χ1) is 12.5. The molecule has 0 spiro atoms. The van der Waals surface area contributed by atoms with Crippen LogP contribution in [-0.2, 0) is 11.0 Å². The molecule has 132 valence electrons. The van der Waals surface area contributed by atoms with Gasteiger partial charge >= 0.3 is 0 Å². The molecule has 1 amide bonds. The molecular formula is C19H14Br2N2O2S. The van der Waals surface area contributed by atoms with Crippen molar-refractivity contribution in [1.29, 1.82) is 0 Å². The summed E-state index contributed by atoms with van der Waals surface area (Å²) in [5, 5.41) is 2.85. The van der Waals surface area contributed by atoms with E-state index in [9.17, 15) is 9.00 Å². The van der Waals surface area contributed by atoms with Crippen molar-refractivity contribution in [2.24, 2.45) is 0 Å². The minimum atomic E-state index is -1.47. The molecular weight excluding hydrogens is 480 g/mol. The maximum atomic E-state index is 12.7. The van der Waals surface area contributed by atoms with E-state index in [2.05, 4.69) is 41.9 Å². The van der Waals surface area contributed by atoms with Crippen LogP contribution in [0.3, 0.4) is 0 Å². The monoisotopic (exact) mass is 492 g/mol. The van der Waals surface area contributed by atoms with Crippen molar-refractivity contribution >= 4 is 60.1 Å². The fourth-order valence-electron chi connectivity index (χ4n) is 2.23. The summed E-state index contributed by atoms with van der Waals surface area (Å²) in [4.78, 5) is 13.3. The van der Waals surface area contributed by atoms with Gasteiger partial charge in [0, 0.05) is 14.6 Å². The molecule has 1 unspecified atom stereocenters. The molecule has 0 aromatic heterocycles. The zero-order valence-electron chi connectivity index (χ0n) is 13.4. The third kappa shape index (κ3) is 4.81. The molecule has 1 atom stereocenters. The number of hydrogen-bond acceptors (Lipinski definition) is 2. The van der Waals surface area contributed by atoms with Gasteiger partial charge in [-0.05, 0) is 54.6 Å². The normalized spacial score (nSPS) is 11.6. The Balaban J connectivity index is 1.84. The number of carbonyl (C=O) groups excluding carboxylic acids is 1. The van der Waals surface area contributed by atoms with Crippen LogP contribution in [-0.4, -0.2) is 10.1 Å². The summed E-state index contributed by atoms with van der Waals surface area (Å²) in [5.41, 5.74) is 1.56. The number of halogens is 2. The van der Waals surface area contributed by atoms with Crippen LogP contribution in [0.25, 0.3) is 0 Å². The third-order valence-corrected chi connectivity index (χ3v) is 5.62. The van der Waals surface area contributed by atoms with E-state index >= 15 is 0 Å². The Hall–Kier alpha value is -1.96. The van der Waals surface area contributed by atoms with E-state index in [0.717, 1.165) is 8.95 Å². The van der Waals surface area contributed by atoms with Crippen molar-refractivity contribution in [2.45, 2.75) is 4.90 Å². The largest absolute Gasteiger partial charge is 0.322 e. The van der Waals surface area contributed by atoms with Gasteiger partial charge in [-0.2, -0.15) is 0 Å². The number of rotatable bonds is 5. The SMILES string of the molecule is O=C(Nc1ccc(Br)cc1)c1cc(Br)ccc1NS(=O)c1ccccc1. The number of amides is 1. The van der Waals surface area contributed by atoms with E-state index in [0.29, 0.717) is 21.8 Å². The Morgan fingerprint density at radius 2 is 1.50 bits per heavy atom. The third-order valence-electron chi connectivity index (χ3n) is 3.49. The summed E-state index contributed by atoms with van der Waals surface area (Å²) in [6, 6.07) is 21.5. The number of anilines is 2. The first kappa shape index (κ1) is 18.8. The summed E-state index contributed by atoms with van der Waals surface area (Å²) < 4.78 is 17.1. The highest BCUT2D eigenvalue weighted by atomic mass is 79.9. The van der Waals surface area contributed by atoms with Crippen molar-refractivity contribution < 1.29 is 9.00 Å². The lowest BCUT2D eigenvalue weighted by Crippen LogP contribution is -2.16. The molecule has 0 fully saturated rings. The highest BCUT2D eigenvalue weighted by Crippen LogP contribution is 2.24. The van der Waals surface area contributed by atoms with Crippen LogP contribution >= 0.6 is 31.9 Å². The van der Waals surface area contributed by atoms with Crippen molar-refractivity contribution in [2.75, 3.05) is 10.0 Å². The summed E-state index contributed by atoms with van der Waals surface area (Å²) in [6.07, 6.45) is 0. The lowest BCUT2D eigenvalue weighted by atomic mass is 10.1. The number of carbonyl (C=O) groups is 1. The lowest BCUT2D eigenvalue weighted by Gasteiger charge is -2.13. The van der Waals surface area contributed by atoms with Gasteiger partial charge in [0.05, 0.1) is 16.1 Å². The van der Waals surface area contributed by atoms with Gasteiger partial charge in [0.25, 0.3) is 5.91 Å². The smallest absolute Gasteiger partial charge is 0.257 e. The number of nitrogens with one attached hydrogen (secondary N) is 2. The summed E-state index contributed by atoms with van der Waals surface area (Å²) in [7, 11) is -1.47. The van der Waals surface area contributed by atoms with Crippen LogP contribution in [0.15, 0.2) is 86.6 Å². The van der Waals surface area contributed by atoms with Crippen LogP contribution < -0.4 is 10.0 Å². The van der Waals surface area contributed by atoms with Crippen molar-refractivity contribution in [1.82, 2.24) is 0 Å². The molecule has 0 saturated carbocycles. The molecule has 7 heteroatoms. The number of hydrogen-bond donors (Lipinski definition) is 2. The molecule has 0 aliphatic carbocycles. The molecule has 0 aliphatic rings. The zero-order valence-corrected chi connectivity index (χ0v) is 17.4. The van der Waals surface area contributed by atoms with Crippen molar-refractivity contribution in [3.05, 3.63) is 87.3 Å². The number of benzene rings is 3. The van der Waals surface area contributed by atoms with Crippen LogP contribution in [0, 0.1) is 0 Å². The van der Waals surface area contributed by atoms with E-state index in [-0.39, 0.29) is 5.91 Å². The second-order valence-electron chi connectivity index (χ2n) is 5.33.